The molecule has 1 aliphatic rings. The first-order chi connectivity index (χ1) is 13.0. The summed E-state index contributed by atoms with van der Waals surface area (Å²) in [4.78, 5) is 4.99. The number of hydrogen-bond donors (Lipinski definition) is 1. The molecule has 6 nitrogen and oxygen atoms in total. The smallest absolute Gasteiger partial charge is 0.121 e. The van der Waals surface area contributed by atoms with Crippen molar-refractivity contribution in [1.82, 2.24) is 19.6 Å². The average Bonchev–Trinajstić information content (AvgIpc) is 2.96. The van der Waals surface area contributed by atoms with Gasteiger partial charge >= 0.3 is 0 Å². The number of methoxy groups -OCH3 is 1. The van der Waals surface area contributed by atoms with Crippen molar-refractivity contribution in [3.63, 3.8) is 0 Å². The number of rotatable bonds is 7. The summed E-state index contributed by atoms with van der Waals surface area (Å²) in [5, 5.41) is 13.9. The van der Waals surface area contributed by atoms with Gasteiger partial charge in [0.1, 0.15) is 5.75 Å². The van der Waals surface area contributed by atoms with E-state index in [0.717, 1.165) is 44.9 Å². The first-order valence-corrected chi connectivity index (χ1v) is 9.70. The lowest BCUT2D eigenvalue weighted by Crippen LogP contribution is -2.52. The third-order valence-corrected chi connectivity index (χ3v) is 5.73. The van der Waals surface area contributed by atoms with Gasteiger partial charge in [-0.25, -0.2) is 0 Å². The summed E-state index contributed by atoms with van der Waals surface area (Å²) in [5.41, 5.74) is 4.98. The molecule has 0 spiro atoms. The normalized spacial score (nSPS) is 18.8. The molecule has 0 saturated carbocycles. The molecule has 148 valence electrons. The van der Waals surface area contributed by atoms with Crippen LogP contribution >= 0.6 is 0 Å². The second-order valence-electron chi connectivity index (χ2n) is 7.55. The van der Waals surface area contributed by atoms with Crippen LogP contribution in [0.5, 0.6) is 5.75 Å². The lowest BCUT2D eigenvalue weighted by Gasteiger charge is -2.41. The van der Waals surface area contributed by atoms with Crippen molar-refractivity contribution in [2.75, 3.05) is 33.4 Å². The summed E-state index contributed by atoms with van der Waals surface area (Å²) in [6.07, 6.45) is 2.78. The Hall–Kier alpha value is -1.89. The van der Waals surface area contributed by atoms with Gasteiger partial charge in [0.25, 0.3) is 0 Å². The minimum atomic E-state index is 0.225. The van der Waals surface area contributed by atoms with Crippen LogP contribution in [0.4, 0.5) is 0 Å². The number of aryl methyl sites for hydroxylation is 2. The van der Waals surface area contributed by atoms with Crippen molar-refractivity contribution < 1.29 is 9.84 Å². The lowest BCUT2D eigenvalue weighted by molar-refractivity contribution is 0.0498. The molecule has 1 saturated heterocycles. The van der Waals surface area contributed by atoms with E-state index in [1.165, 1.54) is 22.4 Å². The van der Waals surface area contributed by atoms with Crippen LogP contribution in [-0.2, 0) is 20.1 Å². The molecule has 0 amide bonds. The van der Waals surface area contributed by atoms with E-state index in [-0.39, 0.29) is 6.61 Å². The maximum atomic E-state index is 9.56. The average molecular weight is 373 g/mol. The van der Waals surface area contributed by atoms with Crippen LogP contribution in [0.25, 0.3) is 0 Å². The molecule has 1 N–H and O–H groups in total. The van der Waals surface area contributed by atoms with Gasteiger partial charge in [0.05, 0.1) is 13.3 Å². The Morgan fingerprint density at radius 1 is 1.22 bits per heavy atom. The number of piperazine rings is 1. The number of ether oxygens (including phenoxy) is 1. The number of aliphatic hydroxyl groups is 1. The summed E-state index contributed by atoms with van der Waals surface area (Å²) in [7, 11) is 3.70. The maximum absolute atomic E-state index is 9.56. The van der Waals surface area contributed by atoms with Gasteiger partial charge in [-0.1, -0.05) is 12.1 Å². The van der Waals surface area contributed by atoms with Gasteiger partial charge in [0.15, 0.2) is 0 Å². The molecule has 1 atom stereocenters. The van der Waals surface area contributed by atoms with Crippen LogP contribution in [0.2, 0.25) is 0 Å². The minimum Gasteiger partial charge on any atom is -0.496 e. The molecule has 1 aromatic carbocycles. The van der Waals surface area contributed by atoms with Gasteiger partial charge in [-0.3, -0.25) is 14.5 Å². The Kier molecular flexibility index (Phi) is 6.52. The Morgan fingerprint density at radius 3 is 2.67 bits per heavy atom. The van der Waals surface area contributed by atoms with Gasteiger partial charge in [0.2, 0.25) is 0 Å². The first kappa shape index (κ1) is 19.9. The lowest BCUT2D eigenvalue weighted by atomic mass is 10.0. The van der Waals surface area contributed by atoms with Crippen LogP contribution in [0.1, 0.15) is 28.8 Å². The van der Waals surface area contributed by atoms with E-state index in [4.69, 9.17) is 4.74 Å². The molecule has 1 aliphatic heterocycles. The molecule has 3 rings (SSSR count). The van der Waals surface area contributed by atoms with Gasteiger partial charge in [-0.15, -0.1) is 0 Å². The summed E-state index contributed by atoms with van der Waals surface area (Å²) in [6.45, 7) is 9.29. The van der Waals surface area contributed by atoms with Crippen molar-refractivity contribution in [3.8, 4) is 5.75 Å². The van der Waals surface area contributed by atoms with Crippen LogP contribution < -0.4 is 4.74 Å². The largest absolute Gasteiger partial charge is 0.496 e. The van der Waals surface area contributed by atoms with Crippen LogP contribution in [0.3, 0.4) is 0 Å². The van der Waals surface area contributed by atoms with Crippen LogP contribution in [0, 0.1) is 13.8 Å². The van der Waals surface area contributed by atoms with Gasteiger partial charge < -0.3 is 9.84 Å². The molecule has 27 heavy (non-hydrogen) atoms. The molecule has 1 fully saturated rings. The first-order valence-electron chi connectivity index (χ1n) is 9.70. The molecular formula is C21H32N4O2. The predicted molar refractivity (Wildman–Crippen MR) is 107 cm³/mol. The van der Waals surface area contributed by atoms with E-state index < -0.39 is 0 Å². The molecule has 6 heteroatoms. The molecule has 0 radical (unpaired) electrons. The summed E-state index contributed by atoms with van der Waals surface area (Å²) < 4.78 is 7.30. The van der Waals surface area contributed by atoms with E-state index in [1.54, 1.807) is 7.11 Å². The number of benzene rings is 1. The summed E-state index contributed by atoms with van der Waals surface area (Å²) >= 11 is 0. The fourth-order valence-corrected chi connectivity index (χ4v) is 3.95. The zero-order valence-corrected chi connectivity index (χ0v) is 17.0. The fourth-order valence-electron chi connectivity index (χ4n) is 3.95. The second-order valence-corrected chi connectivity index (χ2v) is 7.55. The molecule has 1 unspecified atom stereocenters. The summed E-state index contributed by atoms with van der Waals surface area (Å²) in [5.74, 6) is 0.933. The fraction of sp³-hybridized carbons (Fsp3) is 0.571. The Labute approximate surface area is 162 Å². The molecule has 2 aromatic rings. The van der Waals surface area contributed by atoms with Crippen molar-refractivity contribution >= 4 is 0 Å². The summed E-state index contributed by atoms with van der Waals surface area (Å²) in [6, 6.07) is 6.77. The van der Waals surface area contributed by atoms with E-state index in [9.17, 15) is 5.11 Å². The van der Waals surface area contributed by atoms with Crippen molar-refractivity contribution in [3.05, 3.63) is 46.8 Å². The predicted octanol–water partition coefficient (Wildman–Crippen LogP) is 2.11. The monoisotopic (exact) mass is 372 g/mol. The Morgan fingerprint density at radius 2 is 2.04 bits per heavy atom. The topological polar surface area (TPSA) is 53.8 Å². The van der Waals surface area contributed by atoms with Crippen LogP contribution in [0.15, 0.2) is 24.4 Å². The third-order valence-electron chi connectivity index (χ3n) is 5.73. The number of hydrogen-bond acceptors (Lipinski definition) is 5. The second kappa shape index (κ2) is 8.87. The highest BCUT2D eigenvalue weighted by Crippen LogP contribution is 2.23. The standard InChI is InChI=1S/C21H32N4O2/c1-16-11-18(5-6-21(16)27-4)13-25-9-8-24(15-20(25)7-10-26)14-19-12-22-23(3)17(19)2/h5-6,11-12,20,26H,7-10,13-15H2,1-4H3. The minimum absolute atomic E-state index is 0.225. The molecular weight excluding hydrogens is 340 g/mol. The van der Waals surface area contributed by atoms with Crippen molar-refractivity contribution in [2.24, 2.45) is 7.05 Å². The molecule has 0 bridgehead atoms. The SMILES string of the molecule is COc1ccc(CN2CCN(Cc3cnn(C)c3C)CC2CCO)cc1C. The number of nitrogens with zero attached hydrogens (tertiary/aromatic N) is 4. The Balaban J connectivity index is 1.65. The number of aromatic nitrogens is 2. The van der Waals surface area contributed by atoms with Crippen LogP contribution in [-0.4, -0.2) is 64.1 Å². The zero-order chi connectivity index (χ0) is 19.4. The third kappa shape index (κ3) is 4.69. The highest BCUT2D eigenvalue weighted by Gasteiger charge is 2.27. The van der Waals surface area contributed by atoms with Crippen molar-refractivity contribution in [1.29, 1.82) is 0 Å². The highest BCUT2D eigenvalue weighted by atomic mass is 16.5. The highest BCUT2D eigenvalue weighted by molar-refractivity contribution is 5.36. The molecule has 0 aliphatic carbocycles. The zero-order valence-electron chi connectivity index (χ0n) is 17.0. The van der Waals surface area contributed by atoms with Gasteiger partial charge in [0, 0.05) is 63.7 Å². The number of aliphatic hydroxyl groups excluding tert-OH is 1. The van der Waals surface area contributed by atoms with Crippen molar-refractivity contribution in [2.45, 2.75) is 39.4 Å². The van der Waals surface area contributed by atoms with Gasteiger partial charge in [-0.05, 0) is 37.5 Å². The van der Waals surface area contributed by atoms with Gasteiger partial charge in [-0.2, -0.15) is 5.10 Å². The molecule has 2 heterocycles. The maximum Gasteiger partial charge on any atom is 0.121 e. The van der Waals surface area contributed by atoms with E-state index in [2.05, 4.69) is 40.9 Å². The van der Waals surface area contributed by atoms with E-state index in [1.807, 2.05) is 24.0 Å². The quantitative estimate of drug-likeness (QED) is 0.807. The Bertz CT molecular complexity index is 759. The molecule has 1 aromatic heterocycles. The van der Waals surface area contributed by atoms with E-state index >= 15 is 0 Å². The van der Waals surface area contributed by atoms with E-state index in [0.29, 0.717) is 6.04 Å².